The summed E-state index contributed by atoms with van der Waals surface area (Å²) in [7, 11) is -5.80. The average Bonchev–Trinajstić information content (AvgIpc) is 2.89. The maximum atomic E-state index is 13.0. The van der Waals surface area contributed by atoms with Gasteiger partial charge in [-0.05, 0) is 67.6 Å². The van der Waals surface area contributed by atoms with Crippen molar-refractivity contribution in [3.8, 4) is 0 Å². The van der Waals surface area contributed by atoms with Crippen LogP contribution < -0.4 is 0 Å². The van der Waals surface area contributed by atoms with Gasteiger partial charge in [-0.25, -0.2) is 0 Å². The van der Waals surface area contributed by atoms with E-state index in [-0.39, 0.29) is 23.7 Å². The second-order valence-electron chi connectivity index (χ2n) is 10.7. The van der Waals surface area contributed by atoms with E-state index in [0.717, 1.165) is 38.5 Å². The van der Waals surface area contributed by atoms with Gasteiger partial charge in [-0.2, -0.15) is 21.6 Å². The van der Waals surface area contributed by atoms with Crippen LogP contribution >= 0.6 is 0 Å². The second-order valence-corrected chi connectivity index (χ2v) is 12.3. The fourth-order valence-corrected chi connectivity index (χ4v) is 8.32. The summed E-state index contributed by atoms with van der Waals surface area (Å²) in [5.74, 6) is -0.0983. The molecule has 176 valence electrons. The fourth-order valence-electron chi connectivity index (χ4n) is 7.74. The van der Waals surface area contributed by atoms with E-state index in [1.165, 1.54) is 0 Å². The predicted molar refractivity (Wildman–Crippen MR) is 102 cm³/mol. The van der Waals surface area contributed by atoms with E-state index < -0.39 is 38.7 Å². The second kappa shape index (κ2) is 6.67. The van der Waals surface area contributed by atoms with Crippen LogP contribution in [0.2, 0.25) is 0 Å². The van der Waals surface area contributed by atoms with Crippen molar-refractivity contribution in [1.82, 2.24) is 0 Å². The molecule has 0 aromatic carbocycles. The molecular formula is C21H29F3O6S. The quantitative estimate of drug-likeness (QED) is 0.450. The van der Waals surface area contributed by atoms with Crippen LogP contribution in [0.3, 0.4) is 0 Å². The molecule has 4 saturated carbocycles. The van der Waals surface area contributed by atoms with Crippen LogP contribution in [0.1, 0.15) is 65.2 Å². The molecular weight excluding hydrogens is 437 g/mol. The lowest BCUT2D eigenvalue weighted by molar-refractivity contribution is -0.419. The maximum Gasteiger partial charge on any atom is 0.523 e. The number of carbonyl (C=O) groups is 1. The summed E-state index contributed by atoms with van der Waals surface area (Å²) in [6, 6.07) is 0. The molecule has 0 radical (unpaired) electrons. The van der Waals surface area contributed by atoms with Gasteiger partial charge < -0.3 is 9.47 Å². The molecule has 5 rings (SSSR count). The molecule has 10 heteroatoms. The highest BCUT2D eigenvalue weighted by Gasteiger charge is 2.65. The van der Waals surface area contributed by atoms with Gasteiger partial charge in [0.05, 0.1) is 0 Å². The average molecular weight is 467 g/mol. The van der Waals surface area contributed by atoms with Crippen molar-refractivity contribution in [2.45, 2.75) is 82.6 Å². The first-order valence-corrected chi connectivity index (χ1v) is 12.5. The summed E-state index contributed by atoms with van der Waals surface area (Å²) >= 11 is 0. The summed E-state index contributed by atoms with van der Waals surface area (Å²) in [6.07, 6.45) is 4.38. The molecule has 0 bridgehead atoms. The Labute approximate surface area is 180 Å². The maximum absolute atomic E-state index is 13.0. The van der Waals surface area contributed by atoms with Crippen molar-refractivity contribution in [1.29, 1.82) is 0 Å². The number of fused-ring (bicyclic) bond motifs is 5. The zero-order valence-corrected chi connectivity index (χ0v) is 18.6. The largest absolute Gasteiger partial charge is 0.523 e. The number of alkyl halides is 3. The van der Waals surface area contributed by atoms with E-state index in [1.54, 1.807) is 6.92 Å². The van der Waals surface area contributed by atoms with E-state index in [2.05, 4.69) is 11.1 Å². The smallest absolute Gasteiger partial charge is 0.324 e. The van der Waals surface area contributed by atoms with Crippen molar-refractivity contribution in [2.24, 2.45) is 34.5 Å². The lowest BCUT2D eigenvalue weighted by Crippen LogP contribution is -2.59. The SMILES string of the molecule is C[C@]12CCC3(CC1CC[C@@H]1[C@@H]2CC[C@]2(C)C(=O)[C@H](OS(=O)(=O)C(F)(F)F)C[C@@H]12)OCO3. The molecule has 1 aliphatic heterocycles. The van der Waals surface area contributed by atoms with Gasteiger partial charge in [-0.3, -0.25) is 8.98 Å². The van der Waals surface area contributed by atoms with Gasteiger partial charge in [0.15, 0.2) is 18.4 Å². The third kappa shape index (κ3) is 3.07. The minimum atomic E-state index is -5.80. The van der Waals surface area contributed by atoms with Gasteiger partial charge in [0.1, 0.15) is 6.10 Å². The Bertz CT molecular complexity index is 884. The zero-order valence-electron chi connectivity index (χ0n) is 17.7. The number of ketones is 1. The summed E-state index contributed by atoms with van der Waals surface area (Å²) in [6.45, 7) is 4.45. The molecule has 1 spiro atoms. The Kier molecular flexibility index (Phi) is 4.75. The summed E-state index contributed by atoms with van der Waals surface area (Å²) < 4.78 is 77.6. The van der Waals surface area contributed by atoms with Crippen LogP contribution in [0.15, 0.2) is 0 Å². The minimum Gasteiger partial charge on any atom is -0.324 e. The molecule has 7 atom stereocenters. The normalized spacial score (nSPS) is 46.7. The number of halogens is 3. The van der Waals surface area contributed by atoms with Gasteiger partial charge in [-0.1, -0.05) is 13.8 Å². The first-order chi connectivity index (χ1) is 14.3. The first-order valence-electron chi connectivity index (χ1n) is 11.1. The van der Waals surface area contributed by atoms with Crippen LogP contribution in [-0.4, -0.2) is 38.4 Å². The van der Waals surface area contributed by atoms with Gasteiger partial charge >= 0.3 is 15.6 Å². The van der Waals surface area contributed by atoms with E-state index in [4.69, 9.17) is 9.47 Å². The number of hydrogen-bond acceptors (Lipinski definition) is 6. The van der Waals surface area contributed by atoms with Crippen molar-refractivity contribution in [3.63, 3.8) is 0 Å². The molecule has 1 heterocycles. The Morgan fingerprint density at radius 2 is 1.74 bits per heavy atom. The Morgan fingerprint density at radius 1 is 1.03 bits per heavy atom. The summed E-state index contributed by atoms with van der Waals surface area (Å²) in [5.41, 5.74) is -6.29. The molecule has 6 nitrogen and oxygen atoms in total. The van der Waals surface area contributed by atoms with Crippen molar-refractivity contribution >= 4 is 15.9 Å². The minimum absolute atomic E-state index is 0.0444. The summed E-state index contributed by atoms with van der Waals surface area (Å²) in [5, 5.41) is 0. The molecule has 0 amide bonds. The Hall–Kier alpha value is -0.710. The Balaban J connectivity index is 1.38. The lowest BCUT2D eigenvalue weighted by atomic mass is 9.45. The lowest BCUT2D eigenvalue weighted by Gasteiger charge is -2.62. The molecule has 31 heavy (non-hydrogen) atoms. The van der Waals surface area contributed by atoms with E-state index in [9.17, 15) is 26.4 Å². The summed E-state index contributed by atoms with van der Waals surface area (Å²) in [4.78, 5) is 13.0. The highest BCUT2D eigenvalue weighted by atomic mass is 32.2. The fraction of sp³-hybridized carbons (Fsp3) is 0.952. The standard InChI is InChI=1S/C21H29F3O6S/c1-18-7-8-20(28-11-29-20)10-12(18)3-4-13-14(18)5-6-19(2)15(13)9-16(17(19)25)30-31(26,27)21(22,23)24/h12-16H,3-11H2,1-2H3/t12?,13-,14+,15+,16-,18+,19+/m1/s1. The van der Waals surface area contributed by atoms with Crippen LogP contribution in [0.5, 0.6) is 0 Å². The van der Waals surface area contributed by atoms with Crippen LogP contribution in [0.4, 0.5) is 13.2 Å². The number of carbonyl (C=O) groups excluding carboxylic acids is 1. The van der Waals surface area contributed by atoms with Gasteiger partial charge in [-0.15, -0.1) is 0 Å². The highest BCUT2D eigenvalue weighted by Crippen LogP contribution is 2.67. The van der Waals surface area contributed by atoms with Crippen molar-refractivity contribution in [2.75, 3.05) is 6.79 Å². The van der Waals surface area contributed by atoms with Gasteiger partial charge in [0, 0.05) is 18.3 Å². The molecule has 1 unspecified atom stereocenters. The molecule has 0 aromatic rings. The molecule has 0 aromatic heterocycles. The molecule has 0 N–H and O–H groups in total. The van der Waals surface area contributed by atoms with E-state index in [1.807, 2.05) is 0 Å². The molecule has 5 aliphatic rings. The number of hydrogen-bond donors (Lipinski definition) is 0. The van der Waals surface area contributed by atoms with Gasteiger partial charge in [0.25, 0.3) is 0 Å². The third-order valence-electron chi connectivity index (χ3n) is 9.55. The molecule has 1 saturated heterocycles. The number of ether oxygens (including phenoxy) is 2. The van der Waals surface area contributed by atoms with Crippen molar-refractivity contribution < 1.29 is 40.0 Å². The van der Waals surface area contributed by atoms with Crippen LogP contribution in [0, 0.1) is 34.5 Å². The third-order valence-corrected chi connectivity index (χ3v) is 10.6. The van der Waals surface area contributed by atoms with Gasteiger partial charge in [0.2, 0.25) is 0 Å². The van der Waals surface area contributed by atoms with E-state index >= 15 is 0 Å². The predicted octanol–water partition coefficient (Wildman–Crippen LogP) is 4.14. The monoisotopic (exact) mass is 466 g/mol. The zero-order chi connectivity index (χ0) is 22.4. The van der Waals surface area contributed by atoms with E-state index in [0.29, 0.717) is 25.0 Å². The number of rotatable bonds is 2. The molecule has 5 fully saturated rings. The first kappa shape index (κ1) is 22.1. The Morgan fingerprint density at radius 3 is 2.35 bits per heavy atom. The number of Topliss-reactive ketones (excluding diaryl/α,β-unsaturated/α-hetero) is 1. The van der Waals surface area contributed by atoms with Crippen molar-refractivity contribution in [3.05, 3.63) is 0 Å². The topological polar surface area (TPSA) is 78.9 Å². The molecule has 4 aliphatic carbocycles. The van der Waals surface area contributed by atoms with Crippen LogP contribution in [-0.2, 0) is 28.6 Å². The van der Waals surface area contributed by atoms with Crippen LogP contribution in [0.25, 0.3) is 0 Å². The highest BCUT2D eigenvalue weighted by molar-refractivity contribution is 7.87.